The van der Waals surface area contributed by atoms with E-state index in [-0.39, 0.29) is 0 Å². The van der Waals surface area contributed by atoms with Crippen LogP contribution in [0.5, 0.6) is 0 Å². The van der Waals surface area contributed by atoms with E-state index in [0.717, 1.165) is 25.6 Å². The molecule has 0 N–H and O–H groups in total. The Bertz CT molecular complexity index is 338. The van der Waals surface area contributed by atoms with E-state index in [1.807, 2.05) is 6.20 Å². The summed E-state index contributed by atoms with van der Waals surface area (Å²) in [5, 5.41) is 0. The van der Waals surface area contributed by atoms with Gasteiger partial charge in [-0.15, -0.1) is 0 Å². The van der Waals surface area contributed by atoms with Crippen LogP contribution in [0.4, 0.5) is 0 Å². The Hall–Kier alpha value is -0.830. The van der Waals surface area contributed by atoms with Gasteiger partial charge in [-0.05, 0) is 25.3 Å². The molecule has 0 aromatic carbocycles. The Kier molecular flexibility index (Phi) is 1.87. The van der Waals surface area contributed by atoms with E-state index in [4.69, 9.17) is 0 Å². The van der Waals surface area contributed by atoms with Gasteiger partial charge >= 0.3 is 0 Å². The third kappa shape index (κ3) is 1.46. The molecule has 76 valence electrons. The van der Waals surface area contributed by atoms with Crippen molar-refractivity contribution in [3.8, 4) is 0 Å². The molecule has 0 amide bonds. The summed E-state index contributed by atoms with van der Waals surface area (Å²) in [5.41, 5.74) is 1.34. The predicted molar refractivity (Wildman–Crippen MR) is 54.4 cm³/mol. The van der Waals surface area contributed by atoms with Crippen molar-refractivity contribution < 1.29 is 0 Å². The summed E-state index contributed by atoms with van der Waals surface area (Å²) in [6.07, 6.45) is 6.03. The average molecular weight is 190 g/mol. The Labute approximate surface area is 84.7 Å². The first-order chi connectivity index (χ1) is 6.83. The Balaban J connectivity index is 1.84. The molecule has 14 heavy (non-hydrogen) atoms. The second-order valence-corrected chi connectivity index (χ2v) is 4.52. The highest BCUT2D eigenvalue weighted by atomic mass is 15.2. The highest BCUT2D eigenvalue weighted by Crippen LogP contribution is 2.32. The van der Waals surface area contributed by atoms with Crippen LogP contribution in [0.2, 0.25) is 0 Å². The normalized spacial score (nSPS) is 22.4. The molecule has 1 aliphatic heterocycles. The molecular formula is C11H16N3-. The van der Waals surface area contributed by atoms with Crippen molar-refractivity contribution in [1.29, 1.82) is 0 Å². The fourth-order valence-electron chi connectivity index (χ4n) is 2.15. The van der Waals surface area contributed by atoms with Crippen LogP contribution in [0, 0.1) is 13.0 Å². The van der Waals surface area contributed by atoms with Gasteiger partial charge in [0.15, 0.2) is 0 Å². The highest BCUT2D eigenvalue weighted by molar-refractivity contribution is 5.09. The number of aromatic nitrogens is 2. The smallest absolute Gasteiger partial charge is 0.109 e. The number of hydrogen-bond acceptors (Lipinski definition) is 2. The minimum absolute atomic E-state index is 0.930. The molecule has 3 rings (SSSR count). The van der Waals surface area contributed by atoms with Gasteiger partial charge in [0.2, 0.25) is 0 Å². The molecule has 1 aliphatic carbocycles. The Morgan fingerprint density at radius 1 is 1.43 bits per heavy atom. The van der Waals surface area contributed by atoms with Crippen LogP contribution < -0.4 is 0 Å². The van der Waals surface area contributed by atoms with Crippen molar-refractivity contribution in [2.45, 2.75) is 32.4 Å². The van der Waals surface area contributed by atoms with Crippen LogP contribution in [-0.2, 0) is 19.5 Å². The molecule has 2 aliphatic rings. The first-order valence-corrected chi connectivity index (χ1v) is 5.41. The standard InChI is InChI=1S/C11H16N3/c1-13-4-5-14-10(8-13)7-12-11(14)6-9-2-3-9/h7,9H,1-6,8H2/q-1. The number of hydrogen-bond donors (Lipinski definition) is 0. The van der Waals surface area contributed by atoms with Crippen LogP contribution in [-0.4, -0.2) is 21.0 Å². The molecule has 1 aromatic rings. The molecule has 2 heterocycles. The van der Waals surface area contributed by atoms with Gasteiger partial charge in [0, 0.05) is 31.4 Å². The third-order valence-electron chi connectivity index (χ3n) is 3.21. The summed E-state index contributed by atoms with van der Waals surface area (Å²) in [4.78, 5) is 6.63. The molecule has 0 atom stereocenters. The topological polar surface area (TPSA) is 21.1 Å². The van der Waals surface area contributed by atoms with E-state index in [1.54, 1.807) is 0 Å². The zero-order valence-electron chi connectivity index (χ0n) is 8.45. The van der Waals surface area contributed by atoms with Gasteiger partial charge in [0.05, 0.1) is 0 Å². The van der Waals surface area contributed by atoms with Crippen LogP contribution in [0.15, 0.2) is 6.20 Å². The maximum Gasteiger partial charge on any atom is 0.109 e. The number of nitrogens with zero attached hydrogens (tertiary/aromatic N) is 3. The van der Waals surface area contributed by atoms with Gasteiger partial charge in [0.25, 0.3) is 0 Å². The van der Waals surface area contributed by atoms with E-state index in [1.165, 1.54) is 30.8 Å². The van der Waals surface area contributed by atoms with Crippen molar-refractivity contribution in [2.75, 3.05) is 6.54 Å². The molecule has 1 saturated carbocycles. The van der Waals surface area contributed by atoms with Crippen molar-refractivity contribution in [3.63, 3.8) is 0 Å². The summed E-state index contributed by atoms with van der Waals surface area (Å²) in [6.45, 7) is 3.08. The third-order valence-corrected chi connectivity index (χ3v) is 3.21. The van der Waals surface area contributed by atoms with E-state index in [0.29, 0.717) is 0 Å². The molecule has 0 saturated heterocycles. The lowest BCUT2D eigenvalue weighted by Gasteiger charge is -2.31. The maximum atomic E-state index is 4.52. The predicted octanol–water partition coefficient (Wildman–Crippen LogP) is 1.44. The lowest BCUT2D eigenvalue weighted by atomic mass is 10.2. The van der Waals surface area contributed by atoms with Gasteiger partial charge in [-0.1, -0.05) is 0 Å². The second-order valence-electron chi connectivity index (χ2n) is 4.52. The van der Waals surface area contributed by atoms with Crippen molar-refractivity contribution in [1.82, 2.24) is 14.5 Å². The second kappa shape index (κ2) is 3.09. The zero-order valence-corrected chi connectivity index (χ0v) is 8.45. The van der Waals surface area contributed by atoms with E-state index >= 15 is 0 Å². The van der Waals surface area contributed by atoms with Crippen LogP contribution >= 0.6 is 0 Å². The SMILES string of the molecule is [CH2-]N1CCn2c(cnc2CC2CC2)C1. The van der Waals surface area contributed by atoms with E-state index in [2.05, 4.69) is 21.5 Å². The number of fused-ring (bicyclic) bond motifs is 1. The first kappa shape index (κ1) is 8.48. The van der Waals surface area contributed by atoms with Crippen LogP contribution in [0.25, 0.3) is 0 Å². The summed E-state index contributed by atoms with van der Waals surface area (Å²) in [7, 11) is 3.97. The molecule has 1 aromatic heterocycles. The molecule has 1 fully saturated rings. The summed E-state index contributed by atoms with van der Waals surface area (Å²) in [5.74, 6) is 2.23. The summed E-state index contributed by atoms with van der Waals surface area (Å²) in [6, 6.07) is 0. The molecule has 0 spiro atoms. The fourth-order valence-corrected chi connectivity index (χ4v) is 2.15. The average Bonchev–Trinajstić information content (AvgIpc) is 2.89. The Morgan fingerprint density at radius 3 is 3.07 bits per heavy atom. The molecule has 0 unspecified atom stereocenters. The zero-order chi connectivity index (χ0) is 9.54. The minimum atomic E-state index is 0.930. The van der Waals surface area contributed by atoms with E-state index < -0.39 is 0 Å². The molecule has 0 bridgehead atoms. The lowest BCUT2D eigenvalue weighted by molar-refractivity contribution is 0.294. The minimum Gasteiger partial charge on any atom is -0.453 e. The molecular weight excluding hydrogens is 174 g/mol. The van der Waals surface area contributed by atoms with Gasteiger partial charge in [0.1, 0.15) is 5.82 Å². The van der Waals surface area contributed by atoms with Crippen molar-refractivity contribution in [3.05, 3.63) is 24.8 Å². The van der Waals surface area contributed by atoms with Crippen molar-refractivity contribution in [2.24, 2.45) is 5.92 Å². The van der Waals surface area contributed by atoms with E-state index in [9.17, 15) is 0 Å². The summed E-state index contributed by atoms with van der Waals surface area (Å²) < 4.78 is 2.39. The van der Waals surface area contributed by atoms with Crippen LogP contribution in [0.3, 0.4) is 0 Å². The fraction of sp³-hybridized carbons (Fsp3) is 0.636. The number of imidazole rings is 1. The molecule has 3 heteroatoms. The van der Waals surface area contributed by atoms with Gasteiger partial charge in [-0.25, -0.2) is 4.98 Å². The largest absolute Gasteiger partial charge is 0.453 e. The van der Waals surface area contributed by atoms with Crippen molar-refractivity contribution >= 4 is 0 Å². The highest BCUT2D eigenvalue weighted by Gasteiger charge is 2.25. The maximum absolute atomic E-state index is 4.52. The van der Waals surface area contributed by atoms with Gasteiger partial charge < -0.3 is 9.47 Å². The number of rotatable bonds is 2. The quantitative estimate of drug-likeness (QED) is 0.658. The monoisotopic (exact) mass is 190 g/mol. The molecule has 0 radical (unpaired) electrons. The lowest BCUT2D eigenvalue weighted by Crippen LogP contribution is -2.29. The van der Waals surface area contributed by atoms with Crippen LogP contribution in [0.1, 0.15) is 24.4 Å². The van der Waals surface area contributed by atoms with Gasteiger partial charge in [-0.3, -0.25) is 7.05 Å². The van der Waals surface area contributed by atoms with Gasteiger partial charge in [-0.2, -0.15) is 0 Å². The summed E-state index contributed by atoms with van der Waals surface area (Å²) >= 11 is 0. The Morgan fingerprint density at radius 2 is 2.29 bits per heavy atom. The molecule has 3 nitrogen and oxygen atoms in total. The first-order valence-electron chi connectivity index (χ1n) is 5.41.